The maximum Gasteiger partial charge on any atom is 0.0192 e. The van der Waals surface area contributed by atoms with E-state index in [4.69, 9.17) is 0 Å². The van der Waals surface area contributed by atoms with Crippen LogP contribution in [0, 0.1) is 0 Å². The molecule has 0 radical (unpaired) electrons. The topological polar surface area (TPSA) is 24.1 Å². The molecule has 1 aliphatic rings. The Balaban J connectivity index is 1.86. The molecule has 0 aromatic heterocycles. The minimum absolute atomic E-state index is 0.739. The summed E-state index contributed by atoms with van der Waals surface area (Å²) in [6.45, 7) is 3.56. The lowest BCUT2D eigenvalue weighted by Crippen LogP contribution is -2.41. The Labute approximate surface area is 86.2 Å². The Morgan fingerprint density at radius 3 is 3.08 bits per heavy atom. The van der Waals surface area contributed by atoms with Gasteiger partial charge in [-0.3, -0.25) is 0 Å². The van der Waals surface area contributed by atoms with E-state index < -0.39 is 0 Å². The van der Waals surface area contributed by atoms with Crippen LogP contribution in [0.1, 0.15) is 25.7 Å². The molecular formula is C10H22N2S. The number of hydrogen-bond acceptors (Lipinski definition) is 3. The second kappa shape index (κ2) is 7.65. The van der Waals surface area contributed by atoms with Gasteiger partial charge in [0, 0.05) is 12.6 Å². The lowest BCUT2D eigenvalue weighted by molar-refractivity contribution is 0.384. The summed E-state index contributed by atoms with van der Waals surface area (Å²) in [4.78, 5) is 0. The molecule has 78 valence electrons. The van der Waals surface area contributed by atoms with Crippen molar-refractivity contribution in [1.29, 1.82) is 0 Å². The molecule has 0 bridgehead atoms. The van der Waals surface area contributed by atoms with Crippen molar-refractivity contribution in [1.82, 2.24) is 10.6 Å². The van der Waals surface area contributed by atoms with E-state index in [1.165, 1.54) is 44.5 Å². The minimum Gasteiger partial charge on any atom is -0.315 e. The number of hydrogen-bond donors (Lipinski definition) is 2. The molecule has 2 N–H and O–H groups in total. The predicted octanol–water partition coefficient (Wildman–Crippen LogP) is 1.47. The highest BCUT2D eigenvalue weighted by Crippen LogP contribution is 2.05. The van der Waals surface area contributed by atoms with Gasteiger partial charge in [0.1, 0.15) is 0 Å². The number of piperidine rings is 1. The van der Waals surface area contributed by atoms with Gasteiger partial charge in [-0.25, -0.2) is 0 Å². The lowest BCUT2D eigenvalue weighted by Gasteiger charge is -2.23. The molecule has 0 amide bonds. The highest BCUT2D eigenvalue weighted by Gasteiger charge is 2.10. The number of rotatable bonds is 6. The van der Waals surface area contributed by atoms with Crippen molar-refractivity contribution in [3.63, 3.8) is 0 Å². The zero-order chi connectivity index (χ0) is 9.36. The number of nitrogens with one attached hydrogen (secondary N) is 2. The van der Waals surface area contributed by atoms with Crippen molar-refractivity contribution in [3.05, 3.63) is 0 Å². The van der Waals surface area contributed by atoms with Crippen LogP contribution in [0.5, 0.6) is 0 Å². The van der Waals surface area contributed by atoms with E-state index >= 15 is 0 Å². The average Bonchev–Trinajstić information content (AvgIpc) is 2.19. The molecule has 0 aliphatic carbocycles. The van der Waals surface area contributed by atoms with Crippen molar-refractivity contribution in [3.8, 4) is 0 Å². The molecule has 1 aliphatic heterocycles. The van der Waals surface area contributed by atoms with E-state index in [0.717, 1.165) is 12.6 Å². The molecule has 0 aromatic carbocycles. The van der Waals surface area contributed by atoms with Gasteiger partial charge in [-0.05, 0) is 44.4 Å². The minimum atomic E-state index is 0.739. The van der Waals surface area contributed by atoms with Crippen LogP contribution in [0.4, 0.5) is 0 Å². The van der Waals surface area contributed by atoms with Gasteiger partial charge in [0.05, 0.1) is 0 Å². The molecule has 1 unspecified atom stereocenters. The van der Waals surface area contributed by atoms with Crippen LogP contribution in [0.15, 0.2) is 0 Å². The molecule has 0 spiro atoms. The van der Waals surface area contributed by atoms with E-state index in [0.29, 0.717) is 0 Å². The van der Waals surface area contributed by atoms with Gasteiger partial charge >= 0.3 is 0 Å². The van der Waals surface area contributed by atoms with Crippen LogP contribution < -0.4 is 10.6 Å². The van der Waals surface area contributed by atoms with Gasteiger partial charge in [-0.1, -0.05) is 6.42 Å². The summed E-state index contributed by atoms with van der Waals surface area (Å²) >= 11 is 1.93. The highest BCUT2D eigenvalue weighted by atomic mass is 32.2. The van der Waals surface area contributed by atoms with Crippen LogP contribution in [-0.2, 0) is 0 Å². The zero-order valence-corrected chi connectivity index (χ0v) is 9.46. The molecule has 1 heterocycles. The van der Waals surface area contributed by atoms with Crippen LogP contribution in [-0.4, -0.2) is 37.7 Å². The lowest BCUT2D eigenvalue weighted by atomic mass is 10.1. The largest absolute Gasteiger partial charge is 0.315 e. The van der Waals surface area contributed by atoms with Crippen molar-refractivity contribution in [2.45, 2.75) is 31.7 Å². The predicted molar refractivity (Wildman–Crippen MR) is 61.5 cm³/mol. The van der Waals surface area contributed by atoms with Gasteiger partial charge < -0.3 is 10.6 Å². The fraction of sp³-hybridized carbons (Fsp3) is 1.00. The van der Waals surface area contributed by atoms with Crippen LogP contribution >= 0.6 is 11.8 Å². The third-order valence-corrected chi connectivity index (χ3v) is 3.20. The molecular weight excluding hydrogens is 180 g/mol. The van der Waals surface area contributed by atoms with Crippen LogP contribution in [0.3, 0.4) is 0 Å². The summed E-state index contributed by atoms with van der Waals surface area (Å²) in [5.41, 5.74) is 0. The first-order chi connectivity index (χ1) is 6.43. The third-order valence-electron chi connectivity index (χ3n) is 2.51. The maximum atomic E-state index is 3.54. The van der Waals surface area contributed by atoms with E-state index in [1.54, 1.807) is 0 Å². The zero-order valence-electron chi connectivity index (χ0n) is 8.64. The Morgan fingerprint density at radius 2 is 2.38 bits per heavy atom. The second-order valence-electron chi connectivity index (χ2n) is 3.70. The summed E-state index contributed by atoms with van der Waals surface area (Å²) in [5, 5.41) is 7.06. The van der Waals surface area contributed by atoms with Crippen molar-refractivity contribution < 1.29 is 0 Å². The van der Waals surface area contributed by atoms with E-state index in [2.05, 4.69) is 16.9 Å². The standard InChI is InChI=1S/C10H22N2S/c1-13-8-4-6-11-9-10-5-2-3-7-12-10/h10-12H,2-9H2,1H3. The highest BCUT2D eigenvalue weighted by molar-refractivity contribution is 7.98. The molecule has 1 rings (SSSR count). The molecule has 0 aromatic rings. The molecule has 1 fully saturated rings. The van der Waals surface area contributed by atoms with Crippen LogP contribution in [0.25, 0.3) is 0 Å². The molecule has 1 saturated heterocycles. The molecule has 0 saturated carbocycles. The SMILES string of the molecule is CSCCCNCC1CCCCN1. The molecule has 2 nitrogen and oxygen atoms in total. The summed E-state index contributed by atoms with van der Waals surface area (Å²) in [5.74, 6) is 1.28. The summed E-state index contributed by atoms with van der Waals surface area (Å²) < 4.78 is 0. The average molecular weight is 202 g/mol. The van der Waals surface area contributed by atoms with Gasteiger partial charge in [-0.2, -0.15) is 11.8 Å². The summed E-state index contributed by atoms with van der Waals surface area (Å²) in [7, 11) is 0. The maximum absolute atomic E-state index is 3.54. The van der Waals surface area contributed by atoms with E-state index in [-0.39, 0.29) is 0 Å². The van der Waals surface area contributed by atoms with Crippen molar-refractivity contribution >= 4 is 11.8 Å². The Hall–Kier alpha value is 0.270. The quantitative estimate of drug-likeness (QED) is 0.638. The van der Waals surface area contributed by atoms with Crippen molar-refractivity contribution in [2.75, 3.05) is 31.6 Å². The first kappa shape index (κ1) is 11.3. The normalized spacial score (nSPS) is 23.3. The van der Waals surface area contributed by atoms with Gasteiger partial charge in [0.15, 0.2) is 0 Å². The smallest absolute Gasteiger partial charge is 0.0192 e. The fourth-order valence-corrected chi connectivity index (χ4v) is 2.15. The van der Waals surface area contributed by atoms with E-state index in [1.807, 2.05) is 11.8 Å². The molecule has 1 atom stereocenters. The van der Waals surface area contributed by atoms with E-state index in [9.17, 15) is 0 Å². The van der Waals surface area contributed by atoms with Gasteiger partial charge in [-0.15, -0.1) is 0 Å². The number of thioether (sulfide) groups is 1. The first-order valence-corrected chi connectivity index (χ1v) is 6.76. The summed E-state index contributed by atoms with van der Waals surface area (Å²) in [6.07, 6.45) is 7.60. The monoisotopic (exact) mass is 202 g/mol. The first-order valence-electron chi connectivity index (χ1n) is 5.36. The summed E-state index contributed by atoms with van der Waals surface area (Å²) in [6, 6.07) is 0.739. The van der Waals surface area contributed by atoms with Crippen LogP contribution in [0.2, 0.25) is 0 Å². The second-order valence-corrected chi connectivity index (χ2v) is 4.68. The fourth-order valence-electron chi connectivity index (χ4n) is 1.72. The Kier molecular flexibility index (Phi) is 6.68. The molecule has 3 heteroatoms. The third kappa shape index (κ3) is 5.55. The Morgan fingerprint density at radius 1 is 1.46 bits per heavy atom. The Bertz CT molecular complexity index is 113. The van der Waals surface area contributed by atoms with Gasteiger partial charge in [0.2, 0.25) is 0 Å². The van der Waals surface area contributed by atoms with Crippen molar-refractivity contribution in [2.24, 2.45) is 0 Å². The molecule has 13 heavy (non-hydrogen) atoms. The van der Waals surface area contributed by atoms with Gasteiger partial charge in [0.25, 0.3) is 0 Å².